The fourth-order valence-electron chi connectivity index (χ4n) is 1.42. The van der Waals surface area contributed by atoms with E-state index in [4.69, 9.17) is 22.4 Å². The lowest BCUT2D eigenvalue weighted by Gasteiger charge is -2.10. The number of aromatic carboxylic acids is 1. The smallest absolute Gasteiger partial charge is 0.337 e. The van der Waals surface area contributed by atoms with Crippen molar-refractivity contribution in [2.24, 2.45) is 0 Å². The quantitative estimate of drug-likeness (QED) is 0.805. The Labute approximate surface area is 112 Å². The first-order valence-electron chi connectivity index (χ1n) is 5.18. The summed E-state index contributed by atoms with van der Waals surface area (Å²) in [5.41, 5.74) is 6.06. The molecule has 1 heterocycles. The summed E-state index contributed by atoms with van der Waals surface area (Å²) in [5.74, 6) is -1.39. The largest absolute Gasteiger partial charge is 0.478 e. The molecule has 1 aromatic heterocycles. The molecular formula is C12H9ClFN3O2. The predicted molar refractivity (Wildman–Crippen MR) is 70.3 cm³/mol. The molecule has 0 bridgehead atoms. The van der Waals surface area contributed by atoms with E-state index in [1.807, 2.05) is 0 Å². The number of nitrogens with two attached hydrogens (primary N) is 1. The molecule has 1 aromatic carbocycles. The van der Waals surface area contributed by atoms with Gasteiger partial charge in [0.1, 0.15) is 5.82 Å². The first kappa shape index (κ1) is 13.1. The van der Waals surface area contributed by atoms with Crippen molar-refractivity contribution in [2.45, 2.75) is 0 Å². The number of benzene rings is 1. The molecule has 0 aliphatic heterocycles. The lowest BCUT2D eigenvalue weighted by molar-refractivity contribution is 0.0696. The zero-order chi connectivity index (χ0) is 14.0. The van der Waals surface area contributed by atoms with Crippen LogP contribution in [-0.4, -0.2) is 16.1 Å². The summed E-state index contributed by atoms with van der Waals surface area (Å²) in [5, 5.41) is 11.8. The number of anilines is 3. The highest BCUT2D eigenvalue weighted by Crippen LogP contribution is 2.28. The molecule has 0 spiro atoms. The van der Waals surface area contributed by atoms with Gasteiger partial charge in [-0.1, -0.05) is 11.6 Å². The molecule has 0 saturated carbocycles. The van der Waals surface area contributed by atoms with Crippen molar-refractivity contribution in [3.05, 3.63) is 46.9 Å². The molecule has 0 unspecified atom stereocenters. The standard InChI is InChI=1S/C12H9ClFN3O2/c13-8-2-1-7(14)4-10(8)17-11-9(15)3-6(5-16-11)12(18)19/h1-5H,15H2,(H,16,17)(H,18,19). The molecule has 2 aromatic rings. The van der Waals surface area contributed by atoms with E-state index in [0.717, 1.165) is 6.20 Å². The molecule has 0 radical (unpaired) electrons. The van der Waals surface area contributed by atoms with E-state index in [9.17, 15) is 9.18 Å². The number of carboxylic acids is 1. The third-order valence-electron chi connectivity index (χ3n) is 2.35. The number of hydrogen-bond acceptors (Lipinski definition) is 4. The molecule has 98 valence electrons. The number of nitrogens with one attached hydrogen (secondary N) is 1. The summed E-state index contributed by atoms with van der Waals surface area (Å²) < 4.78 is 13.1. The lowest BCUT2D eigenvalue weighted by Crippen LogP contribution is -2.04. The van der Waals surface area contributed by atoms with Crippen molar-refractivity contribution >= 4 is 34.8 Å². The van der Waals surface area contributed by atoms with Gasteiger partial charge in [0, 0.05) is 6.20 Å². The summed E-state index contributed by atoms with van der Waals surface area (Å²) in [6.45, 7) is 0. The van der Waals surface area contributed by atoms with Crippen LogP contribution in [0.3, 0.4) is 0 Å². The zero-order valence-electron chi connectivity index (χ0n) is 9.52. The molecule has 0 fully saturated rings. The van der Waals surface area contributed by atoms with Gasteiger partial charge in [0.15, 0.2) is 5.82 Å². The Morgan fingerprint density at radius 3 is 2.79 bits per heavy atom. The Hall–Kier alpha value is -2.34. The Balaban J connectivity index is 2.33. The Morgan fingerprint density at radius 1 is 1.42 bits per heavy atom. The number of carboxylic acid groups (broad SMARTS) is 1. The van der Waals surface area contributed by atoms with Gasteiger partial charge < -0.3 is 16.2 Å². The predicted octanol–water partition coefficient (Wildman–Crippen LogP) is 2.90. The van der Waals surface area contributed by atoms with Crippen LogP contribution in [0.4, 0.5) is 21.6 Å². The molecule has 2 rings (SSSR count). The van der Waals surface area contributed by atoms with Gasteiger partial charge in [0.05, 0.1) is 22.0 Å². The van der Waals surface area contributed by atoms with Crippen LogP contribution in [0.5, 0.6) is 0 Å². The van der Waals surface area contributed by atoms with Crippen LogP contribution in [0.1, 0.15) is 10.4 Å². The van der Waals surface area contributed by atoms with Crippen LogP contribution >= 0.6 is 11.6 Å². The molecule has 19 heavy (non-hydrogen) atoms. The SMILES string of the molecule is Nc1cc(C(=O)O)cnc1Nc1cc(F)ccc1Cl. The molecule has 0 aliphatic rings. The van der Waals surface area contributed by atoms with Crippen molar-refractivity contribution in [3.63, 3.8) is 0 Å². The highest BCUT2D eigenvalue weighted by molar-refractivity contribution is 6.33. The van der Waals surface area contributed by atoms with Crippen molar-refractivity contribution in [3.8, 4) is 0 Å². The van der Waals surface area contributed by atoms with Crippen LogP contribution in [0, 0.1) is 5.82 Å². The Morgan fingerprint density at radius 2 is 2.16 bits per heavy atom. The molecule has 5 nitrogen and oxygen atoms in total. The minimum Gasteiger partial charge on any atom is -0.478 e. The topological polar surface area (TPSA) is 88.2 Å². The second kappa shape index (κ2) is 5.11. The summed E-state index contributed by atoms with van der Waals surface area (Å²) in [6, 6.07) is 5.05. The number of rotatable bonds is 3. The minimum atomic E-state index is -1.13. The second-order valence-electron chi connectivity index (χ2n) is 3.72. The van der Waals surface area contributed by atoms with E-state index in [2.05, 4.69) is 10.3 Å². The lowest BCUT2D eigenvalue weighted by atomic mass is 10.2. The Bertz CT molecular complexity index is 649. The summed E-state index contributed by atoms with van der Waals surface area (Å²) in [4.78, 5) is 14.6. The fraction of sp³-hybridized carbons (Fsp3) is 0. The highest BCUT2D eigenvalue weighted by Gasteiger charge is 2.09. The Kier molecular flexibility index (Phi) is 3.52. The molecule has 0 atom stereocenters. The zero-order valence-corrected chi connectivity index (χ0v) is 10.3. The molecule has 4 N–H and O–H groups in total. The summed E-state index contributed by atoms with van der Waals surface area (Å²) in [7, 11) is 0. The average molecular weight is 282 g/mol. The maximum absolute atomic E-state index is 13.1. The van der Waals surface area contributed by atoms with Crippen molar-refractivity contribution in [1.29, 1.82) is 0 Å². The number of carbonyl (C=O) groups is 1. The molecule has 0 aliphatic carbocycles. The number of halogens is 2. The number of pyridine rings is 1. The second-order valence-corrected chi connectivity index (χ2v) is 4.12. The normalized spacial score (nSPS) is 10.2. The van der Waals surface area contributed by atoms with Gasteiger partial charge in [0.25, 0.3) is 0 Å². The van der Waals surface area contributed by atoms with Crippen LogP contribution < -0.4 is 11.1 Å². The monoisotopic (exact) mass is 281 g/mol. The van der Waals surface area contributed by atoms with Crippen molar-refractivity contribution in [2.75, 3.05) is 11.1 Å². The number of aromatic nitrogens is 1. The number of nitrogens with zero attached hydrogens (tertiary/aromatic N) is 1. The molecular weight excluding hydrogens is 273 g/mol. The van der Waals surface area contributed by atoms with Gasteiger partial charge in [-0.25, -0.2) is 14.2 Å². The van der Waals surface area contributed by atoms with Gasteiger partial charge in [0.2, 0.25) is 0 Å². The van der Waals surface area contributed by atoms with Crippen LogP contribution in [0.25, 0.3) is 0 Å². The average Bonchev–Trinajstić information content (AvgIpc) is 2.36. The van der Waals surface area contributed by atoms with E-state index >= 15 is 0 Å². The van der Waals surface area contributed by atoms with Crippen LogP contribution in [0.2, 0.25) is 5.02 Å². The van der Waals surface area contributed by atoms with E-state index in [1.165, 1.54) is 24.3 Å². The summed E-state index contributed by atoms with van der Waals surface area (Å²) >= 11 is 5.89. The van der Waals surface area contributed by atoms with Gasteiger partial charge in [-0.15, -0.1) is 0 Å². The van der Waals surface area contributed by atoms with E-state index in [0.29, 0.717) is 10.7 Å². The van der Waals surface area contributed by atoms with Gasteiger partial charge in [-0.05, 0) is 24.3 Å². The van der Waals surface area contributed by atoms with Crippen molar-refractivity contribution in [1.82, 2.24) is 4.98 Å². The molecule has 7 heteroatoms. The number of nitrogen functional groups attached to an aromatic ring is 1. The van der Waals surface area contributed by atoms with Crippen LogP contribution in [-0.2, 0) is 0 Å². The summed E-state index contributed by atoms with van der Waals surface area (Å²) in [6.07, 6.45) is 1.15. The maximum Gasteiger partial charge on any atom is 0.337 e. The van der Waals surface area contributed by atoms with Gasteiger partial charge in [-0.2, -0.15) is 0 Å². The first-order valence-corrected chi connectivity index (χ1v) is 5.56. The van der Waals surface area contributed by atoms with E-state index in [-0.39, 0.29) is 17.1 Å². The fourth-order valence-corrected chi connectivity index (χ4v) is 1.59. The third kappa shape index (κ3) is 2.92. The third-order valence-corrected chi connectivity index (χ3v) is 2.68. The maximum atomic E-state index is 13.1. The van der Waals surface area contributed by atoms with Crippen LogP contribution in [0.15, 0.2) is 30.5 Å². The van der Waals surface area contributed by atoms with Gasteiger partial charge in [-0.3, -0.25) is 0 Å². The molecule has 0 saturated heterocycles. The highest BCUT2D eigenvalue weighted by atomic mass is 35.5. The van der Waals surface area contributed by atoms with Gasteiger partial charge >= 0.3 is 5.97 Å². The van der Waals surface area contributed by atoms with E-state index in [1.54, 1.807) is 0 Å². The van der Waals surface area contributed by atoms with Crippen molar-refractivity contribution < 1.29 is 14.3 Å². The molecule has 0 amide bonds. The first-order chi connectivity index (χ1) is 8.97. The minimum absolute atomic E-state index is 0.0339. The van der Waals surface area contributed by atoms with E-state index < -0.39 is 11.8 Å². The number of hydrogen-bond donors (Lipinski definition) is 3.